The maximum Gasteiger partial charge on any atom is 0.234 e. The van der Waals surface area contributed by atoms with Gasteiger partial charge >= 0.3 is 0 Å². The lowest BCUT2D eigenvalue weighted by Gasteiger charge is -2.21. The van der Waals surface area contributed by atoms with Crippen molar-refractivity contribution in [2.45, 2.75) is 18.1 Å². The number of furan rings is 1. The number of benzene rings is 1. The summed E-state index contributed by atoms with van der Waals surface area (Å²) >= 11 is 1.16. The number of hydrogen-bond donors (Lipinski definition) is 2. The molecule has 0 aliphatic carbocycles. The monoisotopic (exact) mass is 430 g/mol. The third-order valence-corrected chi connectivity index (χ3v) is 5.27. The number of amides is 2. The molecular formula is C20H22N4O5S. The molecule has 1 fully saturated rings. The first-order chi connectivity index (χ1) is 14.6. The van der Waals surface area contributed by atoms with Crippen molar-refractivity contribution in [1.82, 2.24) is 10.6 Å². The van der Waals surface area contributed by atoms with Crippen LogP contribution in [0.15, 0.2) is 51.2 Å². The fourth-order valence-electron chi connectivity index (χ4n) is 2.72. The van der Waals surface area contributed by atoms with Crippen LogP contribution in [-0.2, 0) is 16.0 Å². The summed E-state index contributed by atoms with van der Waals surface area (Å²) in [5.41, 5.74) is 0.997. The fourth-order valence-corrected chi connectivity index (χ4v) is 3.68. The number of carbonyl (C=O) groups excluding carboxylic acids is 2. The van der Waals surface area contributed by atoms with Gasteiger partial charge < -0.3 is 24.5 Å². The van der Waals surface area contributed by atoms with E-state index in [0.717, 1.165) is 17.3 Å². The largest absolute Gasteiger partial charge is 0.493 e. The molecule has 0 radical (unpaired) electrons. The smallest absolute Gasteiger partial charge is 0.234 e. The molecule has 2 N–H and O–H groups in total. The second kappa shape index (κ2) is 10.5. The Morgan fingerprint density at radius 1 is 1.33 bits per heavy atom. The predicted octanol–water partition coefficient (Wildman–Crippen LogP) is 1.97. The molecule has 2 heterocycles. The predicted molar refractivity (Wildman–Crippen MR) is 114 cm³/mol. The third kappa shape index (κ3) is 5.86. The molecule has 1 unspecified atom stereocenters. The second-order valence-corrected chi connectivity index (χ2v) is 7.45. The van der Waals surface area contributed by atoms with Crippen LogP contribution in [0.4, 0.5) is 0 Å². The Hall–Kier alpha value is -3.27. The topological polar surface area (TPSA) is 115 Å². The normalized spacial score (nSPS) is 17.7. The summed E-state index contributed by atoms with van der Waals surface area (Å²) in [4.78, 5) is 24.4. The van der Waals surface area contributed by atoms with E-state index in [2.05, 4.69) is 20.8 Å². The lowest BCUT2D eigenvalue weighted by atomic mass is 10.1. The van der Waals surface area contributed by atoms with E-state index in [0.29, 0.717) is 30.2 Å². The Bertz CT molecular complexity index is 943. The van der Waals surface area contributed by atoms with Crippen molar-refractivity contribution >= 4 is 35.0 Å². The molecule has 2 aromatic rings. The van der Waals surface area contributed by atoms with Crippen LogP contribution in [0.2, 0.25) is 0 Å². The highest BCUT2D eigenvalue weighted by atomic mass is 32.2. The average molecular weight is 430 g/mol. The Kier molecular flexibility index (Phi) is 7.50. The zero-order valence-electron chi connectivity index (χ0n) is 16.6. The first kappa shape index (κ1) is 21.4. The van der Waals surface area contributed by atoms with Gasteiger partial charge in [0.25, 0.3) is 0 Å². The van der Waals surface area contributed by atoms with E-state index in [1.807, 2.05) is 18.2 Å². The Labute approximate surface area is 177 Å². The molecule has 9 nitrogen and oxygen atoms in total. The number of hydrogen-bond acceptors (Lipinski definition) is 8. The zero-order chi connectivity index (χ0) is 21.3. The van der Waals surface area contributed by atoms with Gasteiger partial charge in [-0.15, -0.1) is 5.10 Å². The Balaban J connectivity index is 1.52. The van der Waals surface area contributed by atoms with Crippen molar-refractivity contribution in [3.63, 3.8) is 0 Å². The average Bonchev–Trinajstić information content (AvgIpc) is 3.26. The number of rotatable bonds is 8. The SMILES string of the molecule is COc1ccc(CCNC(=O)C2CC(=O)N/C(=N\N=Cc3ccco3)S2)cc1OC. The van der Waals surface area contributed by atoms with Crippen molar-refractivity contribution in [1.29, 1.82) is 0 Å². The number of methoxy groups -OCH3 is 2. The van der Waals surface area contributed by atoms with E-state index in [1.54, 1.807) is 26.4 Å². The first-order valence-corrected chi connectivity index (χ1v) is 10.1. The third-order valence-electron chi connectivity index (χ3n) is 4.20. The highest BCUT2D eigenvalue weighted by molar-refractivity contribution is 8.15. The van der Waals surface area contributed by atoms with Crippen LogP contribution in [-0.4, -0.2) is 49.2 Å². The van der Waals surface area contributed by atoms with E-state index in [1.165, 1.54) is 12.5 Å². The van der Waals surface area contributed by atoms with Gasteiger partial charge in [-0.3, -0.25) is 9.59 Å². The van der Waals surface area contributed by atoms with Crippen molar-refractivity contribution < 1.29 is 23.5 Å². The first-order valence-electron chi connectivity index (χ1n) is 9.18. The summed E-state index contributed by atoms with van der Waals surface area (Å²) < 4.78 is 15.6. The molecule has 1 atom stereocenters. The lowest BCUT2D eigenvalue weighted by molar-refractivity contribution is -0.125. The molecule has 10 heteroatoms. The standard InChI is InChI=1S/C20H22N4O5S/c1-27-15-6-5-13(10-16(15)28-2)7-8-21-19(26)17-11-18(25)23-20(30-17)24-22-12-14-4-3-9-29-14/h3-6,9-10,12,17H,7-8,11H2,1-2H3,(H,21,26)(H,23,24,25). The molecule has 1 aliphatic heterocycles. The van der Waals surface area contributed by atoms with Crippen molar-refractivity contribution in [2.75, 3.05) is 20.8 Å². The van der Waals surface area contributed by atoms with Crippen LogP contribution in [0.1, 0.15) is 17.7 Å². The maximum atomic E-state index is 12.5. The summed E-state index contributed by atoms with van der Waals surface area (Å²) in [5.74, 6) is 1.32. The highest BCUT2D eigenvalue weighted by Crippen LogP contribution is 2.27. The minimum Gasteiger partial charge on any atom is -0.493 e. The lowest BCUT2D eigenvalue weighted by Crippen LogP contribution is -2.44. The number of amidine groups is 1. The minimum atomic E-state index is -0.568. The molecule has 0 bridgehead atoms. The van der Waals surface area contributed by atoms with Gasteiger partial charge in [0.15, 0.2) is 16.7 Å². The highest BCUT2D eigenvalue weighted by Gasteiger charge is 2.30. The van der Waals surface area contributed by atoms with E-state index in [-0.39, 0.29) is 23.4 Å². The minimum absolute atomic E-state index is 0.0772. The molecule has 0 spiro atoms. The number of ether oxygens (including phenoxy) is 2. The molecule has 158 valence electrons. The Morgan fingerprint density at radius 3 is 2.90 bits per heavy atom. The van der Waals surface area contributed by atoms with Crippen LogP contribution in [0.3, 0.4) is 0 Å². The molecule has 30 heavy (non-hydrogen) atoms. The van der Waals surface area contributed by atoms with Gasteiger partial charge in [-0.1, -0.05) is 17.8 Å². The van der Waals surface area contributed by atoms with Gasteiger partial charge in [-0.05, 0) is 36.2 Å². The Morgan fingerprint density at radius 2 is 2.17 bits per heavy atom. The molecule has 1 aromatic carbocycles. The van der Waals surface area contributed by atoms with Crippen LogP contribution in [0, 0.1) is 0 Å². The van der Waals surface area contributed by atoms with Gasteiger partial charge in [0, 0.05) is 13.0 Å². The van der Waals surface area contributed by atoms with Crippen molar-refractivity contribution in [3.05, 3.63) is 47.9 Å². The molecular weight excluding hydrogens is 408 g/mol. The molecule has 1 aliphatic rings. The number of nitrogens with one attached hydrogen (secondary N) is 2. The molecule has 1 aromatic heterocycles. The van der Waals surface area contributed by atoms with E-state index in [4.69, 9.17) is 13.9 Å². The molecule has 2 amide bonds. The van der Waals surface area contributed by atoms with Gasteiger partial charge in [0.05, 0.1) is 31.9 Å². The van der Waals surface area contributed by atoms with Gasteiger partial charge in [-0.2, -0.15) is 5.10 Å². The second-order valence-electron chi connectivity index (χ2n) is 6.25. The molecule has 1 saturated heterocycles. The molecule has 3 rings (SSSR count). The van der Waals surface area contributed by atoms with E-state index in [9.17, 15) is 9.59 Å². The summed E-state index contributed by atoms with van der Waals surface area (Å²) in [5, 5.41) is 13.0. The number of carbonyl (C=O) groups is 2. The maximum absolute atomic E-state index is 12.5. The van der Waals surface area contributed by atoms with Gasteiger partial charge in [-0.25, -0.2) is 0 Å². The number of thioether (sulfide) groups is 1. The van der Waals surface area contributed by atoms with Crippen LogP contribution >= 0.6 is 11.8 Å². The molecule has 0 saturated carbocycles. The van der Waals surface area contributed by atoms with Gasteiger partial charge in [0.1, 0.15) is 5.76 Å². The van der Waals surface area contributed by atoms with E-state index < -0.39 is 5.25 Å². The van der Waals surface area contributed by atoms with Crippen molar-refractivity contribution in [2.24, 2.45) is 10.2 Å². The van der Waals surface area contributed by atoms with Crippen LogP contribution in [0.5, 0.6) is 11.5 Å². The zero-order valence-corrected chi connectivity index (χ0v) is 17.4. The quantitative estimate of drug-likeness (QED) is 0.489. The summed E-state index contributed by atoms with van der Waals surface area (Å²) in [6.45, 7) is 0.427. The van der Waals surface area contributed by atoms with Crippen LogP contribution < -0.4 is 20.1 Å². The summed E-state index contributed by atoms with van der Waals surface area (Å²) in [6, 6.07) is 9.07. The summed E-state index contributed by atoms with van der Waals surface area (Å²) in [7, 11) is 3.15. The van der Waals surface area contributed by atoms with E-state index >= 15 is 0 Å². The van der Waals surface area contributed by atoms with Crippen LogP contribution in [0.25, 0.3) is 0 Å². The van der Waals surface area contributed by atoms with Crippen molar-refractivity contribution in [3.8, 4) is 11.5 Å². The summed E-state index contributed by atoms with van der Waals surface area (Å²) in [6.07, 6.45) is 3.64. The fraction of sp³-hybridized carbons (Fsp3) is 0.300. The van der Waals surface area contributed by atoms with Gasteiger partial charge in [0.2, 0.25) is 11.8 Å². The number of nitrogens with zero attached hydrogens (tertiary/aromatic N) is 2.